The van der Waals surface area contributed by atoms with Crippen molar-refractivity contribution >= 4 is 15.9 Å². The number of benzene rings is 1. The van der Waals surface area contributed by atoms with Gasteiger partial charge in [0, 0.05) is 16.6 Å². The highest BCUT2D eigenvalue weighted by atomic mass is 79.9. The second kappa shape index (κ2) is 5.30. The second-order valence-corrected chi connectivity index (χ2v) is 4.46. The molecule has 0 aliphatic rings. The smallest absolute Gasteiger partial charge is 0.267 e. The molecule has 0 spiro atoms. The summed E-state index contributed by atoms with van der Waals surface area (Å²) in [5.74, 6) is 0.0180. The minimum atomic E-state index is -0.337. The van der Waals surface area contributed by atoms with Crippen LogP contribution in [-0.4, -0.2) is 16.9 Å². The molecule has 0 aliphatic carbocycles. The number of halogens is 2. The van der Waals surface area contributed by atoms with E-state index in [1.165, 1.54) is 36.1 Å². The molecule has 0 radical (unpaired) electrons. The third-order valence-electron chi connectivity index (χ3n) is 2.39. The number of methoxy groups -OCH3 is 1. The molecule has 0 atom stereocenters. The van der Waals surface area contributed by atoms with Crippen molar-refractivity contribution in [3.8, 4) is 5.88 Å². The summed E-state index contributed by atoms with van der Waals surface area (Å²) in [7, 11) is 1.48. The molecule has 18 heavy (non-hydrogen) atoms. The van der Waals surface area contributed by atoms with Crippen molar-refractivity contribution in [3.05, 3.63) is 56.5 Å². The van der Waals surface area contributed by atoms with E-state index in [0.29, 0.717) is 10.4 Å². The SMILES string of the molecule is COc1ccc(=O)n(Cc2ccc(F)cc2Br)n1. The Balaban J connectivity index is 2.36. The van der Waals surface area contributed by atoms with Crippen molar-refractivity contribution < 1.29 is 9.13 Å². The predicted octanol–water partition coefficient (Wildman–Crippen LogP) is 2.20. The van der Waals surface area contributed by atoms with Crippen molar-refractivity contribution in [1.82, 2.24) is 9.78 Å². The zero-order valence-corrected chi connectivity index (χ0v) is 11.1. The Hall–Kier alpha value is -1.69. The van der Waals surface area contributed by atoms with Crippen LogP contribution in [0.25, 0.3) is 0 Å². The summed E-state index contributed by atoms with van der Waals surface area (Å²) in [6.07, 6.45) is 0. The van der Waals surface area contributed by atoms with E-state index in [9.17, 15) is 9.18 Å². The fraction of sp³-hybridized carbons (Fsp3) is 0.167. The standard InChI is InChI=1S/C12H10BrFN2O2/c1-18-11-4-5-12(17)16(15-11)7-8-2-3-9(14)6-10(8)13/h2-6H,7H2,1H3. The predicted molar refractivity (Wildman–Crippen MR) is 68.3 cm³/mol. The lowest BCUT2D eigenvalue weighted by molar-refractivity contribution is 0.378. The van der Waals surface area contributed by atoms with Crippen LogP contribution in [0.1, 0.15) is 5.56 Å². The number of hydrogen-bond donors (Lipinski definition) is 0. The highest BCUT2D eigenvalue weighted by Crippen LogP contribution is 2.18. The summed E-state index contributed by atoms with van der Waals surface area (Å²) < 4.78 is 19.8. The van der Waals surface area contributed by atoms with E-state index in [-0.39, 0.29) is 17.9 Å². The number of rotatable bonds is 3. The van der Waals surface area contributed by atoms with Gasteiger partial charge in [-0.2, -0.15) is 0 Å². The lowest BCUT2D eigenvalue weighted by Gasteiger charge is -2.08. The molecule has 1 heterocycles. The van der Waals surface area contributed by atoms with Crippen LogP contribution >= 0.6 is 15.9 Å². The molecule has 0 bridgehead atoms. The molecule has 0 unspecified atom stereocenters. The van der Waals surface area contributed by atoms with Gasteiger partial charge in [-0.1, -0.05) is 22.0 Å². The van der Waals surface area contributed by atoms with Gasteiger partial charge in [0.25, 0.3) is 5.56 Å². The van der Waals surface area contributed by atoms with Gasteiger partial charge >= 0.3 is 0 Å². The maximum Gasteiger partial charge on any atom is 0.267 e. The van der Waals surface area contributed by atoms with Gasteiger partial charge in [-0.05, 0) is 17.7 Å². The van der Waals surface area contributed by atoms with E-state index >= 15 is 0 Å². The first kappa shape index (κ1) is 12.8. The summed E-state index contributed by atoms with van der Waals surface area (Å²) in [6.45, 7) is 0.247. The van der Waals surface area contributed by atoms with Crippen LogP contribution in [0.15, 0.2) is 39.6 Å². The van der Waals surface area contributed by atoms with Crippen LogP contribution < -0.4 is 10.3 Å². The van der Waals surface area contributed by atoms with Gasteiger partial charge in [-0.15, -0.1) is 5.10 Å². The molecule has 0 N–H and O–H groups in total. The van der Waals surface area contributed by atoms with Crippen molar-refractivity contribution in [2.45, 2.75) is 6.54 Å². The minimum absolute atomic E-state index is 0.243. The van der Waals surface area contributed by atoms with E-state index in [1.807, 2.05) is 0 Å². The normalized spacial score (nSPS) is 10.4. The van der Waals surface area contributed by atoms with E-state index in [2.05, 4.69) is 21.0 Å². The average molecular weight is 313 g/mol. The molecule has 6 heteroatoms. The third kappa shape index (κ3) is 2.76. The quantitative estimate of drug-likeness (QED) is 0.872. The third-order valence-corrected chi connectivity index (χ3v) is 3.12. The zero-order valence-electron chi connectivity index (χ0n) is 9.56. The number of ether oxygens (including phenoxy) is 1. The second-order valence-electron chi connectivity index (χ2n) is 3.61. The van der Waals surface area contributed by atoms with Gasteiger partial charge in [0.05, 0.1) is 13.7 Å². The summed E-state index contributed by atoms with van der Waals surface area (Å²) in [5, 5.41) is 4.02. The van der Waals surface area contributed by atoms with Gasteiger partial charge in [-0.25, -0.2) is 9.07 Å². The van der Waals surface area contributed by atoms with Crippen molar-refractivity contribution in [2.75, 3.05) is 7.11 Å². The molecule has 2 rings (SSSR count). The Morgan fingerprint density at radius 3 is 2.83 bits per heavy atom. The van der Waals surface area contributed by atoms with E-state index in [0.717, 1.165) is 5.56 Å². The van der Waals surface area contributed by atoms with Gasteiger partial charge in [0.15, 0.2) is 0 Å². The van der Waals surface area contributed by atoms with Gasteiger partial charge in [-0.3, -0.25) is 4.79 Å². The lowest BCUT2D eigenvalue weighted by atomic mass is 10.2. The van der Waals surface area contributed by atoms with Crippen molar-refractivity contribution in [2.24, 2.45) is 0 Å². The lowest BCUT2D eigenvalue weighted by Crippen LogP contribution is -2.22. The summed E-state index contributed by atoms with van der Waals surface area (Å²) in [5.41, 5.74) is 0.520. The van der Waals surface area contributed by atoms with E-state index in [1.54, 1.807) is 6.07 Å². The number of nitrogens with zero attached hydrogens (tertiary/aromatic N) is 2. The molecule has 0 aliphatic heterocycles. The number of hydrogen-bond acceptors (Lipinski definition) is 3. The topological polar surface area (TPSA) is 44.1 Å². The molecule has 94 valence electrons. The van der Waals surface area contributed by atoms with Crippen LogP contribution in [0.5, 0.6) is 5.88 Å². The molecule has 1 aromatic carbocycles. The van der Waals surface area contributed by atoms with E-state index in [4.69, 9.17) is 4.74 Å². The van der Waals surface area contributed by atoms with Crippen LogP contribution in [-0.2, 0) is 6.54 Å². The van der Waals surface area contributed by atoms with Gasteiger partial charge in [0.2, 0.25) is 5.88 Å². The monoisotopic (exact) mass is 312 g/mol. The molecule has 0 saturated heterocycles. The van der Waals surface area contributed by atoms with Crippen molar-refractivity contribution in [1.29, 1.82) is 0 Å². The van der Waals surface area contributed by atoms with Gasteiger partial charge < -0.3 is 4.74 Å². The first-order valence-corrected chi connectivity index (χ1v) is 5.95. The first-order chi connectivity index (χ1) is 8.60. The Morgan fingerprint density at radius 2 is 2.17 bits per heavy atom. The molecular weight excluding hydrogens is 303 g/mol. The number of aromatic nitrogens is 2. The molecule has 1 aromatic heterocycles. The summed E-state index contributed by atoms with van der Waals surface area (Å²) >= 11 is 3.25. The Kier molecular flexibility index (Phi) is 3.76. The molecule has 0 fully saturated rings. The maximum atomic E-state index is 13.0. The first-order valence-electron chi connectivity index (χ1n) is 5.16. The molecule has 4 nitrogen and oxygen atoms in total. The largest absolute Gasteiger partial charge is 0.480 e. The Bertz CT molecular complexity index is 628. The van der Waals surface area contributed by atoms with Crippen LogP contribution in [0.4, 0.5) is 4.39 Å². The highest BCUT2D eigenvalue weighted by molar-refractivity contribution is 9.10. The van der Waals surface area contributed by atoms with E-state index < -0.39 is 0 Å². The highest BCUT2D eigenvalue weighted by Gasteiger charge is 2.06. The Labute approximate surface area is 111 Å². The van der Waals surface area contributed by atoms with Crippen molar-refractivity contribution in [3.63, 3.8) is 0 Å². The van der Waals surface area contributed by atoms with Gasteiger partial charge in [0.1, 0.15) is 5.82 Å². The van der Waals surface area contributed by atoms with Crippen LogP contribution in [0.3, 0.4) is 0 Å². The fourth-order valence-corrected chi connectivity index (χ4v) is 1.94. The minimum Gasteiger partial charge on any atom is -0.480 e. The maximum absolute atomic E-state index is 13.0. The van der Waals surface area contributed by atoms with Crippen LogP contribution in [0, 0.1) is 5.82 Å². The Morgan fingerprint density at radius 1 is 1.39 bits per heavy atom. The van der Waals surface area contributed by atoms with Crippen LogP contribution in [0.2, 0.25) is 0 Å². The average Bonchev–Trinajstić information content (AvgIpc) is 2.35. The molecule has 0 saturated carbocycles. The zero-order chi connectivity index (χ0) is 13.1. The molecular formula is C12H10BrFN2O2. The molecule has 0 amide bonds. The molecule has 2 aromatic rings. The fourth-order valence-electron chi connectivity index (χ4n) is 1.46. The summed E-state index contributed by atoms with van der Waals surface area (Å²) in [4.78, 5) is 11.6. The summed E-state index contributed by atoms with van der Waals surface area (Å²) in [6, 6.07) is 7.17.